The van der Waals surface area contributed by atoms with Crippen molar-refractivity contribution in [3.05, 3.63) is 29.8 Å². The van der Waals surface area contributed by atoms with E-state index in [0.717, 1.165) is 31.7 Å². The van der Waals surface area contributed by atoms with Gasteiger partial charge in [0.2, 0.25) is 0 Å². The van der Waals surface area contributed by atoms with Crippen molar-refractivity contribution in [1.82, 2.24) is 5.32 Å². The van der Waals surface area contributed by atoms with E-state index in [1.54, 1.807) is 7.11 Å². The Bertz CT molecular complexity index is 317. The minimum Gasteiger partial charge on any atom is -0.497 e. The highest BCUT2D eigenvalue weighted by Gasteiger charge is 2.26. The van der Waals surface area contributed by atoms with Crippen molar-refractivity contribution in [3.8, 4) is 5.75 Å². The molecule has 2 rings (SSSR count). The maximum absolute atomic E-state index is 9.15. The molecule has 0 bridgehead atoms. The van der Waals surface area contributed by atoms with Gasteiger partial charge in [0.05, 0.1) is 13.2 Å². The second-order valence-corrected chi connectivity index (χ2v) is 4.47. The summed E-state index contributed by atoms with van der Waals surface area (Å²) in [5.74, 6) is 1.55. The number of benzene rings is 1. The first-order valence-electron chi connectivity index (χ1n) is 5.79. The Hall–Kier alpha value is -1.06. The average molecular weight is 221 g/mol. The molecule has 0 atom stereocenters. The molecule has 0 aromatic heterocycles. The van der Waals surface area contributed by atoms with Gasteiger partial charge in [-0.05, 0) is 43.0 Å². The van der Waals surface area contributed by atoms with Gasteiger partial charge in [-0.15, -0.1) is 0 Å². The molecule has 0 heterocycles. The quantitative estimate of drug-likeness (QED) is 0.792. The van der Waals surface area contributed by atoms with Crippen LogP contribution in [0.25, 0.3) is 0 Å². The monoisotopic (exact) mass is 221 g/mol. The van der Waals surface area contributed by atoms with Crippen molar-refractivity contribution < 1.29 is 9.84 Å². The molecule has 1 aromatic carbocycles. The van der Waals surface area contributed by atoms with Gasteiger partial charge in [-0.2, -0.15) is 0 Å². The maximum atomic E-state index is 9.15. The lowest BCUT2D eigenvalue weighted by atomic mass is 9.82. The molecule has 3 nitrogen and oxygen atoms in total. The van der Waals surface area contributed by atoms with Crippen LogP contribution in [0.5, 0.6) is 5.75 Å². The Morgan fingerprint density at radius 3 is 2.56 bits per heavy atom. The van der Waals surface area contributed by atoms with E-state index in [9.17, 15) is 0 Å². The third kappa shape index (κ3) is 2.97. The van der Waals surface area contributed by atoms with Gasteiger partial charge >= 0.3 is 0 Å². The van der Waals surface area contributed by atoms with Crippen molar-refractivity contribution in [2.24, 2.45) is 5.92 Å². The SMILES string of the molecule is COc1ccc(CNCC2CC(O)C2)cc1. The van der Waals surface area contributed by atoms with Crippen LogP contribution < -0.4 is 10.1 Å². The van der Waals surface area contributed by atoms with Gasteiger partial charge < -0.3 is 15.2 Å². The maximum Gasteiger partial charge on any atom is 0.118 e. The molecule has 0 radical (unpaired) electrons. The van der Waals surface area contributed by atoms with Crippen LogP contribution in [0.15, 0.2) is 24.3 Å². The van der Waals surface area contributed by atoms with E-state index in [2.05, 4.69) is 17.4 Å². The zero-order valence-electron chi connectivity index (χ0n) is 9.65. The molecule has 16 heavy (non-hydrogen) atoms. The predicted octanol–water partition coefficient (Wildman–Crippen LogP) is 1.56. The number of aliphatic hydroxyl groups excluding tert-OH is 1. The second-order valence-electron chi connectivity index (χ2n) is 4.47. The summed E-state index contributed by atoms with van der Waals surface area (Å²) >= 11 is 0. The third-order valence-corrected chi connectivity index (χ3v) is 3.13. The van der Waals surface area contributed by atoms with Gasteiger partial charge in [-0.1, -0.05) is 12.1 Å². The topological polar surface area (TPSA) is 41.5 Å². The van der Waals surface area contributed by atoms with Crippen LogP contribution in [0, 0.1) is 5.92 Å². The standard InChI is InChI=1S/C13H19NO2/c1-16-13-4-2-10(3-5-13)8-14-9-11-6-12(15)7-11/h2-5,11-12,14-15H,6-9H2,1H3. The Morgan fingerprint density at radius 2 is 2.00 bits per heavy atom. The molecule has 0 aliphatic heterocycles. The van der Waals surface area contributed by atoms with Crippen molar-refractivity contribution >= 4 is 0 Å². The van der Waals surface area contributed by atoms with Crippen molar-refractivity contribution in [3.63, 3.8) is 0 Å². The van der Waals surface area contributed by atoms with Crippen LogP contribution >= 0.6 is 0 Å². The highest BCUT2D eigenvalue weighted by Crippen LogP contribution is 2.26. The minimum absolute atomic E-state index is 0.0483. The Morgan fingerprint density at radius 1 is 1.31 bits per heavy atom. The average Bonchev–Trinajstić information content (AvgIpc) is 2.27. The van der Waals surface area contributed by atoms with Crippen LogP contribution in [-0.4, -0.2) is 24.9 Å². The summed E-state index contributed by atoms with van der Waals surface area (Å²) in [6, 6.07) is 8.09. The molecule has 0 saturated heterocycles. The van der Waals surface area contributed by atoms with Crippen molar-refractivity contribution in [1.29, 1.82) is 0 Å². The van der Waals surface area contributed by atoms with Gasteiger partial charge in [-0.3, -0.25) is 0 Å². The Labute approximate surface area is 96.4 Å². The predicted molar refractivity (Wildman–Crippen MR) is 63.4 cm³/mol. The fourth-order valence-corrected chi connectivity index (χ4v) is 2.03. The molecule has 88 valence electrons. The van der Waals surface area contributed by atoms with Gasteiger partial charge in [-0.25, -0.2) is 0 Å². The highest BCUT2D eigenvalue weighted by atomic mass is 16.5. The molecule has 0 unspecified atom stereocenters. The molecule has 1 aromatic rings. The summed E-state index contributed by atoms with van der Waals surface area (Å²) in [4.78, 5) is 0. The normalized spacial score (nSPS) is 23.9. The zero-order valence-corrected chi connectivity index (χ0v) is 9.65. The molecule has 0 amide bonds. The van der Waals surface area contributed by atoms with Gasteiger partial charge in [0.15, 0.2) is 0 Å². The summed E-state index contributed by atoms with van der Waals surface area (Å²) in [5, 5.41) is 12.6. The van der Waals surface area contributed by atoms with Crippen LogP contribution in [0.2, 0.25) is 0 Å². The number of ether oxygens (including phenoxy) is 1. The molecular weight excluding hydrogens is 202 g/mol. The van der Waals surface area contributed by atoms with Crippen LogP contribution in [0.1, 0.15) is 18.4 Å². The second kappa shape index (κ2) is 5.32. The molecule has 1 aliphatic carbocycles. The minimum atomic E-state index is -0.0483. The number of rotatable bonds is 5. The number of hydrogen-bond acceptors (Lipinski definition) is 3. The lowest BCUT2D eigenvalue weighted by Crippen LogP contribution is -2.35. The summed E-state index contributed by atoms with van der Waals surface area (Å²) in [7, 11) is 1.68. The van der Waals surface area contributed by atoms with Gasteiger partial charge in [0, 0.05) is 6.54 Å². The van der Waals surface area contributed by atoms with Crippen LogP contribution in [-0.2, 0) is 6.54 Å². The molecular formula is C13H19NO2. The van der Waals surface area contributed by atoms with E-state index in [-0.39, 0.29) is 6.10 Å². The summed E-state index contributed by atoms with van der Waals surface area (Å²) in [6.07, 6.45) is 1.86. The van der Waals surface area contributed by atoms with Crippen LogP contribution in [0.3, 0.4) is 0 Å². The van der Waals surface area contributed by atoms with Crippen molar-refractivity contribution in [2.75, 3.05) is 13.7 Å². The van der Waals surface area contributed by atoms with Gasteiger partial charge in [0.1, 0.15) is 5.75 Å². The molecule has 3 heteroatoms. The summed E-state index contributed by atoms with van der Waals surface area (Å²) in [6.45, 7) is 1.89. The van der Waals surface area contributed by atoms with Crippen LogP contribution in [0.4, 0.5) is 0 Å². The van der Waals surface area contributed by atoms with Crippen molar-refractivity contribution in [2.45, 2.75) is 25.5 Å². The van der Waals surface area contributed by atoms with E-state index < -0.39 is 0 Å². The fourth-order valence-electron chi connectivity index (χ4n) is 2.03. The Balaban J connectivity index is 1.68. The molecule has 2 N–H and O–H groups in total. The number of nitrogens with one attached hydrogen (secondary N) is 1. The number of hydrogen-bond donors (Lipinski definition) is 2. The van der Waals surface area contributed by atoms with E-state index in [4.69, 9.17) is 9.84 Å². The van der Waals surface area contributed by atoms with Gasteiger partial charge in [0.25, 0.3) is 0 Å². The molecule has 1 saturated carbocycles. The fraction of sp³-hybridized carbons (Fsp3) is 0.538. The molecule has 1 fully saturated rings. The largest absolute Gasteiger partial charge is 0.497 e. The van der Waals surface area contributed by atoms with E-state index in [1.165, 1.54) is 5.56 Å². The summed E-state index contributed by atoms with van der Waals surface area (Å²) < 4.78 is 5.10. The van der Waals surface area contributed by atoms with E-state index in [0.29, 0.717) is 5.92 Å². The molecule has 0 spiro atoms. The number of methoxy groups -OCH3 is 1. The third-order valence-electron chi connectivity index (χ3n) is 3.13. The van der Waals surface area contributed by atoms with E-state index >= 15 is 0 Å². The Kier molecular flexibility index (Phi) is 3.80. The highest BCUT2D eigenvalue weighted by molar-refractivity contribution is 5.26. The van der Waals surface area contributed by atoms with E-state index in [1.807, 2.05) is 12.1 Å². The zero-order chi connectivity index (χ0) is 11.4. The summed E-state index contributed by atoms with van der Waals surface area (Å²) in [5.41, 5.74) is 1.26. The lowest BCUT2D eigenvalue weighted by molar-refractivity contribution is 0.0430. The lowest BCUT2D eigenvalue weighted by Gasteiger charge is -2.31. The smallest absolute Gasteiger partial charge is 0.118 e. The molecule has 1 aliphatic rings. The first-order valence-corrected chi connectivity index (χ1v) is 5.79. The number of aliphatic hydroxyl groups is 1. The first kappa shape index (κ1) is 11.4. The first-order chi connectivity index (χ1) is 7.78.